The van der Waals surface area contributed by atoms with Gasteiger partial charge in [-0.15, -0.1) is 5.06 Å². The molecule has 1 fully saturated rings. The van der Waals surface area contributed by atoms with E-state index in [0.29, 0.717) is 10.6 Å². The summed E-state index contributed by atoms with van der Waals surface area (Å²) in [7, 11) is 1.41. The molecule has 114 valence electrons. The number of nitrogens with two attached hydrogens (primary N) is 1. The van der Waals surface area contributed by atoms with Crippen LogP contribution in [0.4, 0.5) is 5.95 Å². The number of rotatable bonds is 3. The molecule has 2 aromatic heterocycles. The normalized spacial score (nSPS) is 26.6. The number of hydrogen-bond donors (Lipinski definition) is 4. The van der Waals surface area contributed by atoms with Crippen LogP contribution in [0.2, 0.25) is 0 Å². The van der Waals surface area contributed by atoms with Crippen LogP contribution in [0.3, 0.4) is 0 Å². The van der Waals surface area contributed by atoms with Crippen molar-refractivity contribution in [2.75, 3.05) is 19.5 Å². The highest BCUT2D eigenvalue weighted by molar-refractivity contribution is 5.77. The molecule has 11 heteroatoms. The fourth-order valence-corrected chi connectivity index (χ4v) is 2.13. The monoisotopic (exact) mass is 298 g/mol. The Hall–Kier alpha value is -2.05. The first kappa shape index (κ1) is 13.9. The maximum Gasteiger partial charge on any atom is 0.246 e. The van der Waals surface area contributed by atoms with Crippen LogP contribution < -0.4 is 10.5 Å². The van der Waals surface area contributed by atoms with E-state index in [-0.39, 0.29) is 17.5 Å². The molecule has 2 aromatic rings. The summed E-state index contributed by atoms with van der Waals surface area (Å²) in [6.45, 7) is -0.457. The van der Waals surface area contributed by atoms with Crippen LogP contribution in [0.25, 0.3) is 11.2 Å². The Morgan fingerprint density at radius 1 is 1.48 bits per heavy atom. The number of aliphatic hydroxyl groups excluding tert-OH is 2. The van der Waals surface area contributed by atoms with Gasteiger partial charge in [-0.25, -0.2) is 4.98 Å². The maximum absolute atomic E-state index is 9.88. The van der Waals surface area contributed by atoms with E-state index >= 15 is 0 Å². The molecule has 0 spiro atoms. The Labute approximate surface area is 118 Å². The molecule has 21 heavy (non-hydrogen) atoms. The summed E-state index contributed by atoms with van der Waals surface area (Å²) in [4.78, 5) is 12.0. The van der Waals surface area contributed by atoms with Gasteiger partial charge in [0.05, 0.1) is 13.7 Å². The minimum absolute atomic E-state index is 0.0390. The van der Waals surface area contributed by atoms with Crippen molar-refractivity contribution in [1.82, 2.24) is 24.6 Å². The lowest BCUT2D eigenvalue weighted by molar-refractivity contribution is -0.234. The molecule has 11 nitrogen and oxygen atoms in total. The van der Waals surface area contributed by atoms with E-state index < -0.39 is 25.3 Å². The molecule has 5 N–H and O–H groups in total. The summed E-state index contributed by atoms with van der Waals surface area (Å²) in [5.41, 5.74) is 6.18. The molecule has 1 saturated heterocycles. The number of anilines is 1. The predicted molar refractivity (Wildman–Crippen MR) is 66.9 cm³/mol. The molecule has 0 bridgehead atoms. The lowest BCUT2D eigenvalue weighted by atomic mass is 10.3. The third-order valence-electron chi connectivity index (χ3n) is 3.14. The van der Waals surface area contributed by atoms with Crippen molar-refractivity contribution in [1.29, 1.82) is 0 Å². The number of hydrogen-bond acceptors (Lipinski definition) is 10. The van der Waals surface area contributed by atoms with Crippen molar-refractivity contribution in [2.45, 2.75) is 18.7 Å². The van der Waals surface area contributed by atoms with Gasteiger partial charge in [0.2, 0.25) is 18.2 Å². The number of imidazole rings is 1. The van der Waals surface area contributed by atoms with Crippen molar-refractivity contribution in [3.8, 4) is 5.88 Å². The zero-order valence-corrected chi connectivity index (χ0v) is 11.0. The molecule has 0 aliphatic carbocycles. The van der Waals surface area contributed by atoms with Gasteiger partial charge in [0.25, 0.3) is 0 Å². The maximum atomic E-state index is 9.88. The first-order valence-corrected chi connectivity index (χ1v) is 6.02. The average Bonchev–Trinajstić information content (AvgIpc) is 3.01. The van der Waals surface area contributed by atoms with Gasteiger partial charge < -0.3 is 30.6 Å². The molecular formula is C10H14N6O5. The fourth-order valence-electron chi connectivity index (χ4n) is 2.13. The van der Waals surface area contributed by atoms with E-state index in [9.17, 15) is 10.3 Å². The number of nitrogen functional groups attached to an aromatic ring is 1. The third kappa shape index (κ3) is 2.07. The zero-order chi connectivity index (χ0) is 15.1. The lowest BCUT2D eigenvalue weighted by Crippen LogP contribution is -2.35. The van der Waals surface area contributed by atoms with Crippen molar-refractivity contribution in [3.63, 3.8) is 0 Å². The minimum Gasteiger partial charge on any atom is -0.479 e. The molecule has 0 radical (unpaired) electrons. The molecule has 0 saturated carbocycles. The molecule has 2 unspecified atom stereocenters. The second-order valence-electron chi connectivity index (χ2n) is 4.39. The fraction of sp³-hybridized carbons (Fsp3) is 0.500. The summed E-state index contributed by atoms with van der Waals surface area (Å²) >= 11 is 0. The van der Waals surface area contributed by atoms with Crippen LogP contribution in [0, 0.1) is 0 Å². The zero-order valence-electron chi connectivity index (χ0n) is 11.0. The summed E-state index contributed by atoms with van der Waals surface area (Å²) < 4.78 is 11.8. The van der Waals surface area contributed by atoms with Crippen molar-refractivity contribution < 1.29 is 24.9 Å². The van der Waals surface area contributed by atoms with E-state index in [1.54, 1.807) is 0 Å². The van der Waals surface area contributed by atoms with Crippen molar-refractivity contribution >= 4 is 17.1 Å². The van der Waals surface area contributed by atoms with Crippen LogP contribution in [-0.4, -0.2) is 66.1 Å². The van der Waals surface area contributed by atoms with Crippen LogP contribution >= 0.6 is 0 Å². The second kappa shape index (κ2) is 5.05. The lowest BCUT2D eigenvalue weighted by Gasteiger charge is -2.19. The molecular weight excluding hydrogens is 284 g/mol. The molecule has 3 rings (SSSR count). The number of aromatic nitrogens is 4. The van der Waals surface area contributed by atoms with Crippen LogP contribution in [0.5, 0.6) is 5.88 Å². The average molecular weight is 298 g/mol. The third-order valence-corrected chi connectivity index (χ3v) is 3.14. The van der Waals surface area contributed by atoms with Gasteiger partial charge in [-0.3, -0.25) is 4.57 Å². The molecule has 1 aliphatic heterocycles. The van der Waals surface area contributed by atoms with E-state index in [2.05, 4.69) is 15.0 Å². The highest BCUT2D eigenvalue weighted by Gasteiger charge is 2.42. The summed E-state index contributed by atoms with van der Waals surface area (Å²) in [6.07, 6.45) is -2.11. The quantitative estimate of drug-likeness (QED) is 0.514. The smallest absolute Gasteiger partial charge is 0.246 e. The highest BCUT2D eigenvalue weighted by atomic mass is 16.7. The summed E-state index contributed by atoms with van der Waals surface area (Å²) in [5.74, 6) is 0.140. The van der Waals surface area contributed by atoms with Gasteiger partial charge in [0.15, 0.2) is 17.4 Å². The summed E-state index contributed by atoms with van der Waals surface area (Å²) in [6, 6.07) is 0. The first-order valence-electron chi connectivity index (χ1n) is 6.02. The minimum atomic E-state index is -1.38. The number of nitrogens with zero attached hydrogens (tertiary/aromatic N) is 5. The van der Waals surface area contributed by atoms with E-state index in [1.165, 1.54) is 18.0 Å². The number of hydroxylamine groups is 2. The second-order valence-corrected chi connectivity index (χ2v) is 4.39. The van der Waals surface area contributed by atoms with Crippen molar-refractivity contribution in [3.05, 3.63) is 6.33 Å². The van der Waals surface area contributed by atoms with E-state index in [1.807, 2.05) is 0 Å². The Kier molecular flexibility index (Phi) is 3.35. The number of aliphatic hydroxyl groups is 2. The van der Waals surface area contributed by atoms with Gasteiger partial charge in [0, 0.05) is 0 Å². The standard InChI is InChI=1S/C10H14N6O5/c1-20-7-5-6(13-9(11)14-7)15(3-12-5)10-16(19)8(18)4(2-17)21-10/h3-4,8,10,17-19H,2H2,1H3,(H2,11,13,14)/t4?,8?,10-/m1/s1. The van der Waals surface area contributed by atoms with Gasteiger partial charge in [-0.1, -0.05) is 0 Å². The predicted octanol–water partition coefficient (Wildman–Crippen LogP) is -1.73. The van der Waals surface area contributed by atoms with Crippen LogP contribution in [0.15, 0.2) is 6.33 Å². The Balaban J connectivity index is 2.07. The molecule has 3 heterocycles. The number of methoxy groups -OCH3 is 1. The van der Waals surface area contributed by atoms with E-state index in [4.69, 9.17) is 20.3 Å². The van der Waals surface area contributed by atoms with Crippen LogP contribution in [0.1, 0.15) is 6.35 Å². The molecule has 0 amide bonds. The SMILES string of the molecule is COc1nc(N)nc2c1ncn2[C@H]1OC(CO)C(O)N1O. The number of fused-ring (bicyclic) bond motifs is 1. The van der Waals surface area contributed by atoms with Crippen LogP contribution in [-0.2, 0) is 4.74 Å². The summed E-state index contributed by atoms with van der Waals surface area (Å²) in [5, 5.41) is 29.3. The Bertz CT molecular complexity index is 663. The molecule has 3 atom stereocenters. The first-order chi connectivity index (χ1) is 10.1. The van der Waals surface area contributed by atoms with Gasteiger partial charge in [-0.2, -0.15) is 9.97 Å². The molecule has 1 aliphatic rings. The van der Waals surface area contributed by atoms with Gasteiger partial charge in [-0.05, 0) is 0 Å². The van der Waals surface area contributed by atoms with Crippen molar-refractivity contribution in [2.24, 2.45) is 0 Å². The Morgan fingerprint density at radius 3 is 2.86 bits per heavy atom. The van der Waals surface area contributed by atoms with E-state index in [0.717, 1.165) is 0 Å². The molecule has 0 aromatic carbocycles. The largest absolute Gasteiger partial charge is 0.479 e. The number of ether oxygens (including phenoxy) is 2. The highest BCUT2D eigenvalue weighted by Crippen LogP contribution is 2.31. The Morgan fingerprint density at radius 2 is 2.24 bits per heavy atom. The van der Waals surface area contributed by atoms with Gasteiger partial charge >= 0.3 is 0 Å². The van der Waals surface area contributed by atoms with Gasteiger partial charge in [0.1, 0.15) is 12.4 Å². The topological polar surface area (TPSA) is 152 Å².